The van der Waals surface area contributed by atoms with Gasteiger partial charge in [0.2, 0.25) is 0 Å². The van der Waals surface area contributed by atoms with E-state index in [1.807, 2.05) is 18.2 Å². The molecule has 0 aliphatic rings. The van der Waals surface area contributed by atoms with Gasteiger partial charge in [0.15, 0.2) is 0 Å². The van der Waals surface area contributed by atoms with Gasteiger partial charge in [-0.25, -0.2) is 8.78 Å². The molecule has 0 aromatic heterocycles. The van der Waals surface area contributed by atoms with Crippen LogP contribution in [0.5, 0.6) is 0 Å². The summed E-state index contributed by atoms with van der Waals surface area (Å²) in [6.07, 6.45) is -2.40. The lowest BCUT2D eigenvalue weighted by molar-refractivity contribution is 0.151. The van der Waals surface area contributed by atoms with Crippen LogP contribution in [0.1, 0.15) is 12.0 Å². The Morgan fingerprint density at radius 2 is 1.86 bits per heavy atom. The summed E-state index contributed by atoms with van der Waals surface area (Å²) in [7, 11) is 0. The van der Waals surface area contributed by atoms with E-state index in [0.717, 1.165) is 15.2 Å². The van der Waals surface area contributed by atoms with Crippen LogP contribution < -0.4 is 0 Å². The summed E-state index contributed by atoms with van der Waals surface area (Å²) in [4.78, 5) is 0. The first-order chi connectivity index (χ1) is 6.68. The molecule has 0 N–H and O–H groups in total. The molecule has 0 atom stereocenters. The van der Waals surface area contributed by atoms with E-state index in [-0.39, 0.29) is 5.56 Å². The minimum atomic E-state index is -2.40. The van der Waals surface area contributed by atoms with Gasteiger partial charge in [0, 0.05) is 10.0 Å². The van der Waals surface area contributed by atoms with Crippen LogP contribution in [0, 0.1) is 0 Å². The topological polar surface area (TPSA) is 0 Å². The van der Waals surface area contributed by atoms with Gasteiger partial charge >= 0.3 is 0 Å². The lowest BCUT2D eigenvalue weighted by atomic mass is 10.1. The van der Waals surface area contributed by atoms with E-state index in [2.05, 4.69) is 15.9 Å². The fourth-order valence-electron chi connectivity index (χ4n) is 1.40. The lowest BCUT2D eigenvalue weighted by Gasteiger charge is -2.03. The predicted octanol–water partition coefficient (Wildman–Crippen LogP) is 4.54. The van der Waals surface area contributed by atoms with Gasteiger partial charge in [0.05, 0.1) is 0 Å². The summed E-state index contributed by atoms with van der Waals surface area (Å²) in [5, 5.41) is 1.79. The number of hydrogen-bond donors (Lipinski definition) is 0. The summed E-state index contributed by atoms with van der Waals surface area (Å²) in [5.41, 5.74) is 0.0654. The Hall–Kier alpha value is -0.960. The highest BCUT2D eigenvalue weighted by Crippen LogP contribution is 2.27. The van der Waals surface area contributed by atoms with Crippen LogP contribution in [0.3, 0.4) is 0 Å². The van der Waals surface area contributed by atoms with Crippen LogP contribution in [0.4, 0.5) is 8.78 Å². The number of hydrogen-bond acceptors (Lipinski definition) is 0. The van der Waals surface area contributed by atoms with Crippen molar-refractivity contribution in [2.24, 2.45) is 0 Å². The number of rotatable bonds is 1. The van der Waals surface area contributed by atoms with Crippen molar-refractivity contribution in [1.82, 2.24) is 0 Å². The first-order valence-corrected chi connectivity index (χ1v) is 4.94. The zero-order chi connectivity index (χ0) is 10.1. The molecule has 0 fully saturated rings. The highest BCUT2D eigenvalue weighted by atomic mass is 79.9. The molecule has 2 rings (SSSR count). The second-order valence-corrected chi connectivity index (χ2v) is 3.88. The van der Waals surface area contributed by atoms with Gasteiger partial charge in [-0.15, -0.1) is 0 Å². The second-order valence-electron chi connectivity index (χ2n) is 3.02. The van der Waals surface area contributed by atoms with Gasteiger partial charge in [-0.05, 0) is 22.9 Å². The number of fused-ring (bicyclic) bond motifs is 1. The van der Waals surface area contributed by atoms with Crippen molar-refractivity contribution in [3.8, 4) is 0 Å². The molecular formula is C11H7BrF2. The first kappa shape index (κ1) is 9.59. The molecule has 0 amide bonds. The number of benzene rings is 2. The van der Waals surface area contributed by atoms with Crippen molar-refractivity contribution < 1.29 is 8.78 Å². The molecule has 3 heteroatoms. The van der Waals surface area contributed by atoms with Crippen molar-refractivity contribution in [2.75, 3.05) is 0 Å². The maximum absolute atomic E-state index is 12.4. The molecule has 0 saturated heterocycles. The van der Waals surface area contributed by atoms with Gasteiger partial charge in [0.1, 0.15) is 0 Å². The normalized spacial score (nSPS) is 11.1. The van der Waals surface area contributed by atoms with Crippen molar-refractivity contribution in [3.63, 3.8) is 0 Å². The zero-order valence-electron chi connectivity index (χ0n) is 7.18. The Bertz CT molecular complexity index is 466. The van der Waals surface area contributed by atoms with Crippen molar-refractivity contribution >= 4 is 26.7 Å². The van der Waals surface area contributed by atoms with E-state index in [4.69, 9.17) is 0 Å². The molecule has 0 unspecified atom stereocenters. The van der Waals surface area contributed by atoms with Crippen LogP contribution >= 0.6 is 15.9 Å². The van der Waals surface area contributed by atoms with Gasteiger partial charge in [-0.1, -0.05) is 40.2 Å². The smallest absolute Gasteiger partial charge is 0.205 e. The Morgan fingerprint density at radius 1 is 1.07 bits per heavy atom. The average Bonchev–Trinajstić information content (AvgIpc) is 2.17. The SMILES string of the molecule is FC(F)c1ccc2c(Br)cccc2c1. The monoisotopic (exact) mass is 256 g/mol. The Labute approximate surface area is 88.7 Å². The molecule has 0 bridgehead atoms. The number of halogens is 3. The third kappa shape index (κ3) is 1.64. The Morgan fingerprint density at radius 3 is 2.57 bits per heavy atom. The molecule has 0 nitrogen and oxygen atoms in total. The molecule has 0 radical (unpaired) electrons. The van der Waals surface area contributed by atoms with Crippen molar-refractivity contribution in [3.05, 3.63) is 46.4 Å². The number of alkyl halides is 2. The van der Waals surface area contributed by atoms with E-state index in [1.165, 1.54) is 12.1 Å². The average molecular weight is 257 g/mol. The molecule has 0 saturated carbocycles. The zero-order valence-corrected chi connectivity index (χ0v) is 8.76. The second kappa shape index (κ2) is 3.65. The Kier molecular flexibility index (Phi) is 2.50. The Balaban J connectivity index is 2.67. The van der Waals surface area contributed by atoms with E-state index in [9.17, 15) is 8.78 Å². The molecule has 0 heterocycles. The van der Waals surface area contributed by atoms with E-state index in [1.54, 1.807) is 6.07 Å². The summed E-state index contributed by atoms with van der Waals surface area (Å²) < 4.78 is 25.7. The molecule has 0 aliphatic heterocycles. The molecule has 2 aromatic carbocycles. The van der Waals surface area contributed by atoms with Crippen LogP contribution in [-0.4, -0.2) is 0 Å². The van der Waals surface area contributed by atoms with E-state index >= 15 is 0 Å². The predicted molar refractivity (Wildman–Crippen MR) is 56.6 cm³/mol. The van der Waals surface area contributed by atoms with Crippen molar-refractivity contribution in [2.45, 2.75) is 6.43 Å². The van der Waals surface area contributed by atoms with Crippen LogP contribution in [-0.2, 0) is 0 Å². The maximum Gasteiger partial charge on any atom is 0.263 e. The lowest BCUT2D eigenvalue weighted by Crippen LogP contribution is -1.84. The van der Waals surface area contributed by atoms with E-state index < -0.39 is 6.43 Å². The molecule has 0 spiro atoms. The quantitative estimate of drug-likeness (QED) is 0.703. The minimum Gasteiger partial charge on any atom is -0.205 e. The molecular weight excluding hydrogens is 250 g/mol. The molecule has 72 valence electrons. The first-order valence-electron chi connectivity index (χ1n) is 4.15. The summed E-state index contributed by atoms with van der Waals surface area (Å²) in [6, 6.07) is 10.2. The fraction of sp³-hybridized carbons (Fsp3) is 0.0909. The third-order valence-electron chi connectivity index (χ3n) is 2.10. The third-order valence-corrected chi connectivity index (χ3v) is 2.79. The molecule has 14 heavy (non-hydrogen) atoms. The molecule has 0 aliphatic carbocycles. The molecule has 2 aromatic rings. The van der Waals surface area contributed by atoms with Gasteiger partial charge < -0.3 is 0 Å². The minimum absolute atomic E-state index is 0.0654. The van der Waals surface area contributed by atoms with Crippen LogP contribution in [0.15, 0.2) is 40.9 Å². The largest absolute Gasteiger partial charge is 0.263 e. The van der Waals surface area contributed by atoms with Crippen LogP contribution in [0.2, 0.25) is 0 Å². The fourth-order valence-corrected chi connectivity index (χ4v) is 1.91. The summed E-state index contributed by atoms with van der Waals surface area (Å²) in [6.45, 7) is 0. The standard InChI is InChI=1S/C11H7BrF2/c12-10-3-1-2-7-6-8(11(13)14)4-5-9(7)10/h1-6,11H. The van der Waals surface area contributed by atoms with Gasteiger partial charge in [-0.2, -0.15) is 0 Å². The summed E-state index contributed by atoms with van der Waals surface area (Å²) in [5.74, 6) is 0. The van der Waals surface area contributed by atoms with Crippen LogP contribution in [0.25, 0.3) is 10.8 Å². The van der Waals surface area contributed by atoms with E-state index in [0.29, 0.717) is 0 Å². The summed E-state index contributed by atoms with van der Waals surface area (Å²) >= 11 is 3.37. The maximum atomic E-state index is 12.4. The highest BCUT2D eigenvalue weighted by molar-refractivity contribution is 9.10. The highest BCUT2D eigenvalue weighted by Gasteiger charge is 2.07. The van der Waals surface area contributed by atoms with Crippen molar-refractivity contribution in [1.29, 1.82) is 0 Å². The van der Waals surface area contributed by atoms with Gasteiger partial charge in [0.25, 0.3) is 6.43 Å². The van der Waals surface area contributed by atoms with Gasteiger partial charge in [-0.3, -0.25) is 0 Å².